The van der Waals surface area contributed by atoms with Gasteiger partial charge in [-0.2, -0.15) is 0 Å². The topological polar surface area (TPSA) is 68.1 Å². The molecule has 0 unspecified atom stereocenters. The number of anilines is 2. The number of hydrogen-bond donors (Lipinski definition) is 0. The SMILES string of the molecule is CCn1c(SCc2csc(N(C(C)=O)c3ccc(C)c(C)c3)n2)nc2ccsc2c1=O. The number of thioether (sulfide) groups is 1. The maximum absolute atomic E-state index is 12.7. The second kappa shape index (κ2) is 8.94. The molecule has 1 aromatic carbocycles. The Bertz CT molecular complexity index is 1320. The molecule has 0 radical (unpaired) electrons. The monoisotopic (exact) mass is 470 g/mol. The molecule has 0 fully saturated rings. The number of aryl methyl sites for hydroxylation is 2. The van der Waals surface area contributed by atoms with E-state index in [9.17, 15) is 9.59 Å². The number of carbonyl (C=O) groups excluding carboxylic acids is 1. The lowest BCUT2D eigenvalue weighted by Crippen LogP contribution is -2.22. The number of carbonyl (C=O) groups is 1. The van der Waals surface area contributed by atoms with Crippen molar-refractivity contribution in [2.24, 2.45) is 0 Å². The minimum atomic E-state index is -0.0822. The van der Waals surface area contributed by atoms with Crippen LogP contribution in [0.15, 0.2) is 45.0 Å². The molecular formula is C22H22N4O2S3. The van der Waals surface area contributed by atoms with Crippen LogP contribution in [0, 0.1) is 13.8 Å². The van der Waals surface area contributed by atoms with Gasteiger partial charge in [-0.25, -0.2) is 9.97 Å². The Morgan fingerprint density at radius 1 is 1.16 bits per heavy atom. The van der Waals surface area contributed by atoms with Crippen molar-refractivity contribution in [1.82, 2.24) is 14.5 Å². The fourth-order valence-corrected chi connectivity index (χ4v) is 5.93. The van der Waals surface area contributed by atoms with Crippen LogP contribution < -0.4 is 10.5 Å². The summed E-state index contributed by atoms with van der Waals surface area (Å²) in [5.41, 5.74) is 4.71. The first-order chi connectivity index (χ1) is 14.9. The van der Waals surface area contributed by atoms with Gasteiger partial charge in [0, 0.05) is 24.6 Å². The van der Waals surface area contributed by atoms with Crippen LogP contribution in [-0.4, -0.2) is 20.4 Å². The molecule has 0 spiro atoms. The molecule has 3 heterocycles. The van der Waals surface area contributed by atoms with Crippen molar-refractivity contribution in [2.75, 3.05) is 4.90 Å². The molecule has 0 bridgehead atoms. The summed E-state index contributed by atoms with van der Waals surface area (Å²) in [5.74, 6) is 0.485. The van der Waals surface area contributed by atoms with Crippen molar-refractivity contribution in [3.8, 4) is 0 Å². The van der Waals surface area contributed by atoms with Crippen LogP contribution in [0.3, 0.4) is 0 Å². The van der Waals surface area contributed by atoms with Gasteiger partial charge in [0.1, 0.15) is 4.70 Å². The minimum absolute atomic E-state index is 0.00135. The van der Waals surface area contributed by atoms with Crippen molar-refractivity contribution in [2.45, 2.75) is 45.1 Å². The second-order valence-corrected chi connectivity index (χ2v) is 9.81. The van der Waals surface area contributed by atoms with E-state index in [0.29, 0.717) is 27.3 Å². The average molecular weight is 471 g/mol. The molecule has 4 aromatic rings. The molecule has 6 nitrogen and oxygen atoms in total. The van der Waals surface area contributed by atoms with Gasteiger partial charge in [-0.15, -0.1) is 22.7 Å². The van der Waals surface area contributed by atoms with Crippen LogP contribution in [0.25, 0.3) is 10.2 Å². The molecule has 3 aromatic heterocycles. The molecule has 0 saturated heterocycles. The largest absolute Gasteiger partial charge is 0.287 e. The highest BCUT2D eigenvalue weighted by molar-refractivity contribution is 7.98. The summed E-state index contributed by atoms with van der Waals surface area (Å²) in [4.78, 5) is 36.1. The van der Waals surface area contributed by atoms with Gasteiger partial charge in [-0.3, -0.25) is 19.1 Å². The van der Waals surface area contributed by atoms with E-state index in [1.54, 1.807) is 16.4 Å². The summed E-state index contributed by atoms with van der Waals surface area (Å²) in [6, 6.07) is 7.84. The first-order valence-electron chi connectivity index (χ1n) is 9.82. The van der Waals surface area contributed by atoms with Crippen molar-refractivity contribution >= 4 is 61.4 Å². The van der Waals surface area contributed by atoms with Crippen molar-refractivity contribution < 1.29 is 4.79 Å². The molecule has 0 atom stereocenters. The third kappa shape index (κ3) is 4.30. The Morgan fingerprint density at radius 3 is 2.68 bits per heavy atom. The number of rotatable bonds is 6. The number of benzene rings is 1. The van der Waals surface area contributed by atoms with Crippen molar-refractivity contribution in [3.05, 3.63) is 62.2 Å². The Labute approximate surface area is 192 Å². The van der Waals surface area contributed by atoms with Gasteiger partial charge in [0.2, 0.25) is 5.91 Å². The van der Waals surface area contributed by atoms with E-state index < -0.39 is 0 Å². The Hall–Kier alpha value is -2.49. The van der Waals surface area contributed by atoms with E-state index in [-0.39, 0.29) is 11.5 Å². The highest BCUT2D eigenvalue weighted by Gasteiger charge is 2.19. The number of hydrogen-bond acceptors (Lipinski definition) is 7. The van der Waals surface area contributed by atoms with E-state index in [1.165, 1.54) is 40.0 Å². The van der Waals surface area contributed by atoms with Gasteiger partial charge in [0.05, 0.1) is 16.9 Å². The lowest BCUT2D eigenvalue weighted by atomic mass is 10.1. The first kappa shape index (κ1) is 21.7. The molecule has 0 N–H and O–H groups in total. The highest BCUT2D eigenvalue weighted by atomic mass is 32.2. The summed E-state index contributed by atoms with van der Waals surface area (Å²) in [7, 11) is 0. The van der Waals surface area contributed by atoms with Crippen molar-refractivity contribution in [3.63, 3.8) is 0 Å². The van der Waals surface area contributed by atoms with Crippen LogP contribution in [0.5, 0.6) is 0 Å². The van der Waals surface area contributed by atoms with Gasteiger partial charge in [-0.05, 0) is 55.5 Å². The first-order valence-corrected chi connectivity index (χ1v) is 12.6. The molecule has 0 aliphatic carbocycles. The van der Waals surface area contributed by atoms with Crippen LogP contribution in [-0.2, 0) is 17.1 Å². The molecule has 0 aliphatic heterocycles. The summed E-state index contributed by atoms with van der Waals surface area (Å²) < 4.78 is 2.39. The molecule has 1 amide bonds. The summed E-state index contributed by atoms with van der Waals surface area (Å²) in [5, 5.41) is 5.17. The lowest BCUT2D eigenvalue weighted by molar-refractivity contribution is -0.115. The zero-order chi connectivity index (χ0) is 22.1. The molecule has 31 heavy (non-hydrogen) atoms. The van der Waals surface area contributed by atoms with Gasteiger partial charge >= 0.3 is 0 Å². The number of fused-ring (bicyclic) bond motifs is 1. The van der Waals surface area contributed by atoms with Crippen LogP contribution >= 0.6 is 34.4 Å². The van der Waals surface area contributed by atoms with E-state index >= 15 is 0 Å². The Kier molecular flexibility index (Phi) is 6.27. The quantitative estimate of drug-likeness (QED) is 0.274. The number of aromatic nitrogens is 3. The zero-order valence-electron chi connectivity index (χ0n) is 17.7. The highest BCUT2D eigenvalue weighted by Crippen LogP contribution is 2.32. The summed E-state index contributed by atoms with van der Waals surface area (Å²) >= 11 is 4.35. The van der Waals surface area contributed by atoms with E-state index in [4.69, 9.17) is 4.98 Å². The zero-order valence-corrected chi connectivity index (χ0v) is 20.2. The molecular weight excluding hydrogens is 448 g/mol. The number of thiazole rings is 1. The molecule has 0 aliphatic rings. The molecule has 4 rings (SSSR count). The normalized spacial score (nSPS) is 11.2. The van der Waals surface area contributed by atoms with Crippen molar-refractivity contribution in [1.29, 1.82) is 0 Å². The fraction of sp³-hybridized carbons (Fsp3) is 0.273. The molecule has 160 valence electrons. The van der Waals surface area contributed by atoms with E-state index in [2.05, 4.69) is 4.98 Å². The third-order valence-corrected chi connectivity index (χ3v) is 7.77. The van der Waals surface area contributed by atoms with Crippen LogP contribution in [0.2, 0.25) is 0 Å². The Balaban J connectivity index is 1.59. The third-order valence-electron chi connectivity index (χ3n) is 4.99. The standard InChI is InChI=1S/C22H22N4O2S3/c1-5-25-20(28)19-18(8-9-29-19)24-21(25)30-11-16-12-31-22(23-16)26(15(4)27)17-7-6-13(2)14(3)10-17/h6-10,12H,5,11H2,1-4H3. The van der Waals surface area contributed by atoms with Gasteiger partial charge < -0.3 is 0 Å². The number of thiophene rings is 1. The van der Waals surface area contributed by atoms with Crippen LogP contribution in [0.4, 0.5) is 10.8 Å². The predicted molar refractivity (Wildman–Crippen MR) is 130 cm³/mol. The maximum atomic E-state index is 12.7. The number of nitrogens with zero attached hydrogens (tertiary/aromatic N) is 4. The van der Waals surface area contributed by atoms with Gasteiger partial charge in [-0.1, -0.05) is 17.8 Å². The molecule has 0 saturated carbocycles. The minimum Gasteiger partial charge on any atom is -0.287 e. The lowest BCUT2D eigenvalue weighted by Gasteiger charge is -2.19. The Morgan fingerprint density at radius 2 is 1.97 bits per heavy atom. The molecule has 9 heteroatoms. The van der Waals surface area contributed by atoms with Gasteiger partial charge in [0.15, 0.2) is 10.3 Å². The fourth-order valence-electron chi connectivity index (χ4n) is 3.21. The maximum Gasteiger partial charge on any atom is 0.272 e. The number of amides is 1. The van der Waals surface area contributed by atoms with E-state index in [0.717, 1.165) is 22.5 Å². The van der Waals surface area contributed by atoms with E-state index in [1.807, 2.05) is 55.8 Å². The van der Waals surface area contributed by atoms with Crippen LogP contribution in [0.1, 0.15) is 30.7 Å². The summed E-state index contributed by atoms with van der Waals surface area (Å²) in [6.07, 6.45) is 0. The smallest absolute Gasteiger partial charge is 0.272 e. The predicted octanol–water partition coefficient (Wildman–Crippen LogP) is 5.53. The summed E-state index contributed by atoms with van der Waals surface area (Å²) in [6.45, 7) is 8.14. The van der Waals surface area contributed by atoms with Gasteiger partial charge in [0.25, 0.3) is 5.56 Å². The average Bonchev–Trinajstić information content (AvgIpc) is 3.39. The second-order valence-electron chi connectivity index (χ2n) is 7.11.